The van der Waals surface area contributed by atoms with Crippen LogP contribution in [0.4, 0.5) is 0 Å². The van der Waals surface area contributed by atoms with Crippen molar-refractivity contribution < 1.29 is 25.1 Å². The molecule has 6 bridgehead atoms. The van der Waals surface area contributed by atoms with E-state index in [0.29, 0.717) is 11.1 Å². The van der Waals surface area contributed by atoms with E-state index in [2.05, 4.69) is 165 Å². The monoisotopic (exact) mass is 980 g/mol. The largest absolute Gasteiger partial charge is 0.216 e. The summed E-state index contributed by atoms with van der Waals surface area (Å²) in [6.45, 7) is 8.56. The van der Waals surface area contributed by atoms with Crippen molar-refractivity contribution in [2.75, 3.05) is 0 Å². The molecule has 0 N–H and O–H groups in total. The molecule has 9 aliphatic rings. The Morgan fingerprint density at radius 2 is 0.892 bits per heavy atom. The van der Waals surface area contributed by atoms with Gasteiger partial charge in [0.2, 0.25) is 22.8 Å². The summed E-state index contributed by atoms with van der Waals surface area (Å²) >= 11 is 0. The summed E-state index contributed by atoms with van der Waals surface area (Å²) in [5.74, 6) is 3.95. The highest BCUT2D eigenvalue weighted by atomic mass is 14.9. The Bertz CT molecular complexity index is 3650. The van der Waals surface area contributed by atoms with Crippen molar-refractivity contribution in [2.45, 2.75) is 128 Å². The van der Waals surface area contributed by atoms with Gasteiger partial charge in [-0.1, -0.05) is 72.8 Å². The molecule has 374 valence electrons. The quantitative estimate of drug-likeness (QED) is 0.156. The molecular weight excluding hydrogens is 897 g/mol. The number of fused-ring (bicyclic) bond motifs is 6. The highest BCUT2D eigenvalue weighted by Crippen LogP contribution is 2.54. The Kier molecular flexibility index (Phi) is 11.5. The minimum absolute atomic E-state index is 0.127. The molecule has 0 spiro atoms. The number of pyridine rings is 4. The summed E-state index contributed by atoms with van der Waals surface area (Å²) in [4.78, 5) is 0. The van der Waals surface area contributed by atoms with Crippen LogP contribution < -0.4 is 18.3 Å². The molecule has 4 heteroatoms. The van der Waals surface area contributed by atoms with Crippen molar-refractivity contribution >= 4 is 0 Å². The number of aromatic nitrogens is 4. The topological polar surface area (TPSA) is 15.5 Å². The van der Waals surface area contributed by atoms with Gasteiger partial charge in [0.25, 0.3) is 0 Å². The van der Waals surface area contributed by atoms with Crippen LogP contribution >= 0.6 is 0 Å². The van der Waals surface area contributed by atoms with E-state index < -0.39 is 12.7 Å². The van der Waals surface area contributed by atoms with Crippen molar-refractivity contribution in [3.8, 4) is 45.0 Å². The van der Waals surface area contributed by atoms with Gasteiger partial charge in [-0.2, -0.15) is 0 Å². The van der Waals surface area contributed by atoms with Gasteiger partial charge in [-0.25, -0.2) is 18.3 Å². The van der Waals surface area contributed by atoms with Crippen molar-refractivity contribution in [1.29, 1.82) is 0 Å². The minimum Gasteiger partial charge on any atom is -0.201 e. The first-order chi connectivity index (χ1) is 37.8. The van der Waals surface area contributed by atoms with E-state index in [1.54, 1.807) is 28.3 Å². The number of rotatable bonds is 4. The van der Waals surface area contributed by atoms with Gasteiger partial charge in [0.05, 0.1) is 0 Å². The van der Waals surface area contributed by atoms with Gasteiger partial charge in [-0.15, -0.1) is 0 Å². The van der Waals surface area contributed by atoms with E-state index in [4.69, 9.17) is 6.85 Å². The first-order valence-corrected chi connectivity index (χ1v) is 27.6. The zero-order valence-corrected chi connectivity index (χ0v) is 45.1. The lowest BCUT2D eigenvalue weighted by Gasteiger charge is -2.41. The van der Waals surface area contributed by atoms with Crippen molar-refractivity contribution in [3.05, 3.63) is 213 Å². The number of nitrogens with zero attached hydrogens (tertiary/aromatic N) is 4. The molecule has 2 unspecified atom stereocenters. The lowest BCUT2D eigenvalue weighted by Crippen LogP contribution is -2.37. The molecule has 0 saturated heterocycles. The molecular formula is C70H78N4+4. The van der Waals surface area contributed by atoms with E-state index in [9.17, 15) is 0 Å². The molecule has 3 saturated carbocycles. The first kappa shape index (κ1) is 42.8. The molecule has 9 aliphatic carbocycles. The van der Waals surface area contributed by atoms with Crippen LogP contribution in [0.1, 0.15) is 149 Å². The van der Waals surface area contributed by atoms with Gasteiger partial charge < -0.3 is 0 Å². The van der Waals surface area contributed by atoms with Crippen LogP contribution in [0.3, 0.4) is 0 Å². The number of hydrogen-bond acceptors (Lipinski definition) is 0. The number of benzene rings is 4. The lowest BCUT2D eigenvalue weighted by atomic mass is 9.63. The predicted molar refractivity (Wildman–Crippen MR) is 301 cm³/mol. The van der Waals surface area contributed by atoms with Crippen LogP contribution in [0.5, 0.6) is 0 Å². The maximum Gasteiger partial charge on any atom is 0.216 e. The highest BCUT2D eigenvalue weighted by molar-refractivity contribution is 5.67. The van der Waals surface area contributed by atoms with E-state index >= 15 is 0 Å². The predicted octanol–water partition coefficient (Wildman–Crippen LogP) is 13.9. The Hall–Kier alpha value is -6.52. The van der Waals surface area contributed by atoms with Gasteiger partial charge >= 0.3 is 0 Å². The van der Waals surface area contributed by atoms with Crippen LogP contribution in [0.2, 0.25) is 0 Å². The maximum absolute atomic E-state index is 8.65. The molecule has 0 aliphatic heterocycles. The molecule has 17 rings (SSSR count). The fourth-order valence-corrected chi connectivity index (χ4v) is 13.9. The summed E-state index contributed by atoms with van der Waals surface area (Å²) in [6.07, 6.45) is 17.1. The highest BCUT2D eigenvalue weighted by Gasteiger charge is 2.41. The Morgan fingerprint density at radius 3 is 1.45 bits per heavy atom. The number of hydrogen-bond donors (Lipinski definition) is 0. The van der Waals surface area contributed by atoms with Crippen LogP contribution in [-0.4, -0.2) is 0 Å². The first-order valence-electron chi connectivity index (χ1n) is 30.1. The maximum atomic E-state index is 8.65. The van der Waals surface area contributed by atoms with E-state index in [1.807, 2.05) is 49.0 Å². The van der Waals surface area contributed by atoms with Crippen molar-refractivity contribution in [3.63, 3.8) is 0 Å². The normalized spacial score (nSPS) is 24.8. The summed E-state index contributed by atoms with van der Waals surface area (Å²) in [5, 5.41) is 0. The zero-order valence-electron chi connectivity index (χ0n) is 50.1. The molecule has 4 aromatic carbocycles. The standard InChI is InChI=1S/3C18H20N.C16H18N/c2*1-12-5-3-4-6-16(12)18-10-17-14-7-13(8-14)9-15(17)11-19(18)2;1-12-5-3-4-6-15(12)18-10-16-13-7-8-14(9-13)17(16)11-19(18)2;1-12-6-3-4-8-14(12)16-15-9-5-7-13(15)10-11-17(16)2/h3*3-6,10-11,13-14H,7-9H2,1-2H3;3-4,6,8,10-11H,5,7,9H2,1-2H3/q4*+1/i14D;;;7D2,9D2. The second kappa shape index (κ2) is 20.0. The average molecular weight is 980 g/mol. The van der Waals surface area contributed by atoms with E-state index in [-0.39, 0.29) is 12.3 Å². The SMILES string of the molecule is Cc1ccccc1-c1cc2c(c[n+]1C)C1CCC2C1.Cc1ccccc1-c1cc2c(c[n+]1C)CC1CC2C1.[2H]C1([2H])CC([2H])([2H])c2c1cc[n+](C)c2-c1ccccc1C.[2H]C12CC(Cc3c[n+](C)c(-c4ccccc4C)cc31)C2. The van der Waals surface area contributed by atoms with Crippen LogP contribution in [0, 0.1) is 39.5 Å². The van der Waals surface area contributed by atoms with Gasteiger partial charge in [0, 0.05) is 75.6 Å². The second-order valence-electron chi connectivity index (χ2n) is 23.0. The van der Waals surface area contributed by atoms with Crippen LogP contribution in [-0.2, 0) is 53.8 Å². The third-order valence-corrected chi connectivity index (χ3v) is 18.1. The smallest absolute Gasteiger partial charge is 0.201 e. The third-order valence-electron chi connectivity index (χ3n) is 18.1. The Labute approximate surface area is 449 Å². The van der Waals surface area contributed by atoms with Crippen LogP contribution in [0.15, 0.2) is 146 Å². The lowest BCUT2D eigenvalue weighted by molar-refractivity contribution is -0.661. The Morgan fingerprint density at radius 1 is 0.432 bits per heavy atom. The third kappa shape index (κ3) is 9.05. The van der Waals surface area contributed by atoms with Gasteiger partial charge in [0.15, 0.2) is 24.8 Å². The van der Waals surface area contributed by atoms with Crippen molar-refractivity contribution in [1.82, 2.24) is 0 Å². The van der Waals surface area contributed by atoms with E-state index in [1.165, 1.54) is 100 Å². The molecule has 4 heterocycles. The average Bonchev–Trinajstić information content (AvgIpc) is 4.25. The van der Waals surface area contributed by atoms with Crippen LogP contribution in [0.25, 0.3) is 45.0 Å². The van der Waals surface area contributed by atoms with Gasteiger partial charge in [-0.3, -0.25) is 0 Å². The molecule has 4 nitrogen and oxygen atoms in total. The molecule has 0 amide bonds. The zero-order chi connectivity index (χ0) is 55.3. The summed E-state index contributed by atoms with van der Waals surface area (Å²) in [7, 11) is 8.38. The molecule has 8 aromatic rings. The molecule has 0 radical (unpaired) electrons. The molecule has 3 fully saturated rings. The second-order valence-corrected chi connectivity index (χ2v) is 23.0. The minimum atomic E-state index is -1.66. The fraction of sp³-hybridized carbons (Fsp3) is 0.371. The van der Waals surface area contributed by atoms with Gasteiger partial charge in [0.1, 0.15) is 28.2 Å². The summed E-state index contributed by atoms with van der Waals surface area (Å²) < 4.78 is 50.2. The molecule has 2 atom stereocenters. The number of aryl methyl sites for hydroxylation is 9. The molecule has 4 aromatic heterocycles. The molecule has 74 heavy (non-hydrogen) atoms. The van der Waals surface area contributed by atoms with Crippen molar-refractivity contribution in [2.24, 2.45) is 40.0 Å². The fourth-order valence-electron chi connectivity index (χ4n) is 13.9. The summed E-state index contributed by atoms with van der Waals surface area (Å²) in [6, 6.07) is 42.7. The summed E-state index contributed by atoms with van der Waals surface area (Å²) in [5.41, 5.74) is 24.9. The van der Waals surface area contributed by atoms with E-state index in [0.717, 1.165) is 65.7 Å². The Balaban J connectivity index is 0.000000105. The van der Waals surface area contributed by atoms with Gasteiger partial charge in [-0.05, 0) is 209 Å².